The van der Waals surface area contributed by atoms with Crippen LogP contribution in [0.5, 0.6) is 0 Å². The Hall–Kier alpha value is -3.10. The van der Waals surface area contributed by atoms with Crippen molar-refractivity contribution in [2.45, 2.75) is 38.4 Å². The quantitative estimate of drug-likeness (QED) is 0.673. The summed E-state index contributed by atoms with van der Waals surface area (Å²) in [5.41, 5.74) is -0.891. The van der Waals surface area contributed by atoms with Gasteiger partial charge in [0, 0.05) is 6.54 Å². The highest BCUT2D eigenvalue weighted by Crippen LogP contribution is 2.31. The predicted octanol–water partition coefficient (Wildman–Crippen LogP) is 3.80. The number of imide groups is 1. The van der Waals surface area contributed by atoms with Crippen LogP contribution in [-0.4, -0.2) is 53.5 Å². The zero-order valence-corrected chi connectivity index (χ0v) is 17.3. The van der Waals surface area contributed by atoms with Gasteiger partial charge in [-0.05, 0) is 35.7 Å². The number of carbonyl (C=O) groups excluding carboxylic acids is 3. The van der Waals surface area contributed by atoms with Crippen LogP contribution in [0.4, 0.5) is 18.0 Å². The number of carbonyl (C=O) groups is 3. The minimum Gasteiger partial charge on any atom is -0.332 e. The molecule has 0 bridgehead atoms. The fourth-order valence-electron chi connectivity index (χ4n) is 3.63. The Bertz CT molecular complexity index is 1010. The summed E-state index contributed by atoms with van der Waals surface area (Å²) >= 11 is 0. The number of rotatable bonds is 7. The largest absolute Gasteiger partial charge is 0.406 e. The average Bonchev–Trinajstić information content (AvgIpc) is 2.93. The molecule has 0 radical (unpaired) electrons. The third-order valence-corrected chi connectivity index (χ3v) is 5.40. The van der Waals surface area contributed by atoms with Crippen molar-refractivity contribution in [1.82, 2.24) is 15.1 Å². The van der Waals surface area contributed by atoms with Crippen molar-refractivity contribution in [2.75, 3.05) is 19.6 Å². The Kier molecular flexibility index (Phi) is 6.24. The molecule has 0 aliphatic carbocycles. The second kappa shape index (κ2) is 8.56. The molecular formula is C22H24F3N3O3. The van der Waals surface area contributed by atoms with Crippen LogP contribution in [0.2, 0.25) is 0 Å². The van der Waals surface area contributed by atoms with E-state index in [2.05, 4.69) is 5.32 Å². The van der Waals surface area contributed by atoms with Crippen LogP contribution in [0.3, 0.4) is 0 Å². The lowest BCUT2D eigenvalue weighted by Crippen LogP contribution is -2.47. The first kappa shape index (κ1) is 22.6. The third-order valence-electron chi connectivity index (χ3n) is 5.40. The molecular weight excluding hydrogens is 411 g/mol. The number of alkyl halides is 3. The van der Waals surface area contributed by atoms with Gasteiger partial charge in [0.25, 0.3) is 5.91 Å². The topological polar surface area (TPSA) is 69.7 Å². The second-order valence-electron chi connectivity index (χ2n) is 7.79. The summed E-state index contributed by atoms with van der Waals surface area (Å²) in [5, 5.41) is 4.42. The van der Waals surface area contributed by atoms with E-state index < -0.39 is 42.7 Å². The molecule has 1 fully saturated rings. The molecule has 4 amide bonds. The number of nitrogens with one attached hydrogen (secondary N) is 1. The van der Waals surface area contributed by atoms with Crippen LogP contribution in [-0.2, 0) is 15.1 Å². The Morgan fingerprint density at radius 3 is 2.45 bits per heavy atom. The maximum atomic E-state index is 13.1. The molecule has 31 heavy (non-hydrogen) atoms. The zero-order chi connectivity index (χ0) is 22.8. The van der Waals surface area contributed by atoms with Crippen LogP contribution in [0, 0.1) is 0 Å². The van der Waals surface area contributed by atoms with Crippen molar-refractivity contribution in [3.8, 4) is 0 Å². The molecule has 1 heterocycles. The highest BCUT2D eigenvalue weighted by atomic mass is 19.4. The molecule has 1 atom stereocenters. The van der Waals surface area contributed by atoms with Gasteiger partial charge < -0.3 is 10.2 Å². The van der Waals surface area contributed by atoms with Gasteiger partial charge in [-0.15, -0.1) is 0 Å². The van der Waals surface area contributed by atoms with Crippen LogP contribution in [0.1, 0.15) is 32.3 Å². The summed E-state index contributed by atoms with van der Waals surface area (Å²) in [7, 11) is 0. The monoisotopic (exact) mass is 435 g/mol. The van der Waals surface area contributed by atoms with Crippen molar-refractivity contribution in [2.24, 2.45) is 0 Å². The predicted molar refractivity (Wildman–Crippen MR) is 109 cm³/mol. The number of hydrogen-bond acceptors (Lipinski definition) is 3. The van der Waals surface area contributed by atoms with Gasteiger partial charge in [-0.3, -0.25) is 14.5 Å². The number of amides is 4. The van der Waals surface area contributed by atoms with Gasteiger partial charge in [-0.1, -0.05) is 49.7 Å². The Morgan fingerprint density at radius 2 is 1.81 bits per heavy atom. The highest BCUT2D eigenvalue weighted by Gasteiger charge is 2.50. The summed E-state index contributed by atoms with van der Waals surface area (Å²) in [6.07, 6.45) is -3.58. The van der Waals surface area contributed by atoms with Gasteiger partial charge in [0.05, 0.1) is 0 Å². The molecule has 0 saturated carbocycles. The first-order valence-corrected chi connectivity index (χ1v) is 10.0. The van der Waals surface area contributed by atoms with Crippen LogP contribution >= 0.6 is 0 Å². The van der Waals surface area contributed by atoms with E-state index in [1.165, 1.54) is 6.92 Å². The number of hydrogen-bond donors (Lipinski definition) is 1. The van der Waals surface area contributed by atoms with E-state index in [4.69, 9.17) is 0 Å². The number of benzene rings is 2. The van der Waals surface area contributed by atoms with Crippen molar-refractivity contribution in [1.29, 1.82) is 0 Å². The van der Waals surface area contributed by atoms with E-state index in [9.17, 15) is 27.6 Å². The molecule has 6 nitrogen and oxygen atoms in total. The molecule has 1 saturated heterocycles. The Labute approximate surface area is 178 Å². The minimum absolute atomic E-state index is 0.0968. The average molecular weight is 435 g/mol. The van der Waals surface area contributed by atoms with E-state index in [1.54, 1.807) is 19.1 Å². The Morgan fingerprint density at radius 1 is 1.13 bits per heavy atom. The van der Waals surface area contributed by atoms with E-state index in [1.807, 2.05) is 30.3 Å². The molecule has 2 aromatic rings. The van der Waals surface area contributed by atoms with E-state index in [0.717, 1.165) is 10.8 Å². The zero-order valence-electron chi connectivity index (χ0n) is 17.3. The summed E-state index contributed by atoms with van der Waals surface area (Å²) in [5.74, 6) is -1.60. The molecule has 166 valence electrons. The van der Waals surface area contributed by atoms with Crippen LogP contribution in [0.15, 0.2) is 42.5 Å². The number of nitrogens with zero attached hydrogens (tertiary/aromatic N) is 2. The first-order chi connectivity index (χ1) is 14.5. The van der Waals surface area contributed by atoms with Crippen molar-refractivity contribution in [3.05, 3.63) is 48.0 Å². The van der Waals surface area contributed by atoms with Gasteiger partial charge in [-0.2, -0.15) is 13.2 Å². The lowest BCUT2D eigenvalue weighted by atomic mass is 9.90. The second-order valence-corrected chi connectivity index (χ2v) is 7.79. The first-order valence-electron chi connectivity index (χ1n) is 10.0. The van der Waals surface area contributed by atoms with E-state index in [-0.39, 0.29) is 6.54 Å². The van der Waals surface area contributed by atoms with E-state index >= 15 is 0 Å². The number of fused-ring (bicyclic) bond motifs is 1. The lowest BCUT2D eigenvalue weighted by Gasteiger charge is -2.26. The maximum Gasteiger partial charge on any atom is 0.406 e. The molecule has 0 aromatic heterocycles. The van der Waals surface area contributed by atoms with Gasteiger partial charge in [0.1, 0.15) is 18.6 Å². The smallest absolute Gasteiger partial charge is 0.332 e. The number of urea groups is 1. The molecule has 9 heteroatoms. The van der Waals surface area contributed by atoms with Gasteiger partial charge >= 0.3 is 12.2 Å². The summed E-state index contributed by atoms with van der Waals surface area (Å²) in [4.78, 5) is 39.5. The fraction of sp³-hybridized carbons (Fsp3) is 0.409. The Balaban J connectivity index is 1.81. The molecule has 1 N–H and O–H groups in total. The van der Waals surface area contributed by atoms with Crippen molar-refractivity contribution in [3.63, 3.8) is 0 Å². The minimum atomic E-state index is -4.57. The van der Waals surface area contributed by atoms with Crippen molar-refractivity contribution < 1.29 is 27.6 Å². The molecule has 1 aliphatic heterocycles. The number of unbranched alkanes of at least 4 members (excludes halogenated alkanes) is 1. The lowest BCUT2D eigenvalue weighted by molar-refractivity contribution is -0.162. The van der Waals surface area contributed by atoms with E-state index in [0.29, 0.717) is 28.2 Å². The summed E-state index contributed by atoms with van der Waals surface area (Å²) in [6, 6.07) is 12.0. The van der Waals surface area contributed by atoms with Gasteiger partial charge in [0.2, 0.25) is 5.91 Å². The summed E-state index contributed by atoms with van der Waals surface area (Å²) < 4.78 is 38.6. The van der Waals surface area contributed by atoms with Gasteiger partial charge in [0.15, 0.2) is 0 Å². The van der Waals surface area contributed by atoms with Crippen molar-refractivity contribution >= 4 is 28.6 Å². The number of halogens is 3. The molecule has 2 aromatic carbocycles. The molecule has 1 unspecified atom stereocenters. The normalized spacial score (nSPS) is 19.1. The summed E-state index contributed by atoms with van der Waals surface area (Å²) in [6.45, 7) is 1.06. The highest BCUT2D eigenvalue weighted by molar-refractivity contribution is 6.09. The van der Waals surface area contributed by atoms with Gasteiger partial charge in [-0.25, -0.2) is 4.79 Å². The molecule has 1 aliphatic rings. The van der Waals surface area contributed by atoms with Crippen LogP contribution in [0.25, 0.3) is 10.8 Å². The maximum absolute atomic E-state index is 13.1. The standard InChI is InChI=1S/C22H24F3N3O3/c1-3-4-11-27(14-22(23,24)25)18(29)13-28-19(30)21(2,26-20(28)31)17-10-9-15-7-5-6-8-16(15)12-17/h5-10,12H,3-4,11,13-14H2,1-2H3,(H,26,31). The fourth-order valence-corrected chi connectivity index (χ4v) is 3.63. The molecule has 0 spiro atoms. The molecule has 3 rings (SSSR count). The SMILES string of the molecule is CCCCN(CC(F)(F)F)C(=O)CN1C(=O)NC(C)(c2ccc3ccccc3c2)C1=O. The third kappa shape index (κ3) is 4.81. The van der Waals surface area contributed by atoms with Crippen LogP contribution < -0.4 is 5.32 Å².